The molecule has 0 radical (unpaired) electrons. The van der Waals surface area contributed by atoms with Crippen LogP contribution in [0, 0.1) is 0 Å². The van der Waals surface area contributed by atoms with Crippen molar-refractivity contribution in [2.24, 2.45) is 0 Å². The van der Waals surface area contributed by atoms with E-state index in [2.05, 4.69) is 6.58 Å². The fraction of sp³-hybridized carbons (Fsp3) is 0. The number of carbonyl (C=O) groups is 2. The number of benzene rings is 1. The van der Waals surface area contributed by atoms with Crippen molar-refractivity contribution >= 4 is 35.0 Å². The number of carboxylic acids is 1. The van der Waals surface area contributed by atoms with Gasteiger partial charge in [0.15, 0.2) is 5.78 Å². The van der Waals surface area contributed by atoms with Crippen LogP contribution in [-0.2, 0) is 4.79 Å². The van der Waals surface area contributed by atoms with Gasteiger partial charge in [0.05, 0.1) is 10.0 Å². The molecule has 0 aliphatic rings. The zero-order valence-electron chi connectivity index (χ0n) is 7.46. The van der Waals surface area contributed by atoms with E-state index in [0.29, 0.717) is 5.02 Å². The van der Waals surface area contributed by atoms with Crippen LogP contribution < -0.4 is 0 Å². The van der Waals surface area contributed by atoms with Gasteiger partial charge in [0.2, 0.25) is 0 Å². The first kappa shape index (κ1) is 11.8. The average molecular weight is 245 g/mol. The molecule has 5 heteroatoms. The molecule has 0 atom stereocenters. The number of hydrogen-bond acceptors (Lipinski definition) is 2. The topological polar surface area (TPSA) is 54.4 Å². The van der Waals surface area contributed by atoms with Gasteiger partial charge >= 0.3 is 5.97 Å². The minimum absolute atomic E-state index is 0.150. The Labute approximate surface area is 95.9 Å². The van der Waals surface area contributed by atoms with Crippen molar-refractivity contribution in [3.05, 3.63) is 46.0 Å². The molecule has 0 amide bonds. The van der Waals surface area contributed by atoms with Gasteiger partial charge in [-0.25, -0.2) is 4.79 Å². The Kier molecular flexibility index (Phi) is 3.50. The van der Waals surface area contributed by atoms with Gasteiger partial charge in [-0.1, -0.05) is 29.8 Å². The van der Waals surface area contributed by atoms with Crippen molar-refractivity contribution in [3.63, 3.8) is 0 Å². The second-order valence-corrected chi connectivity index (χ2v) is 3.56. The number of rotatable bonds is 3. The molecule has 0 heterocycles. The molecular weight excluding hydrogens is 239 g/mol. The van der Waals surface area contributed by atoms with Gasteiger partial charge in [-0.2, -0.15) is 0 Å². The van der Waals surface area contributed by atoms with E-state index in [1.165, 1.54) is 18.2 Å². The highest BCUT2D eigenvalue weighted by Crippen LogP contribution is 2.23. The lowest BCUT2D eigenvalue weighted by atomic mass is 10.1. The molecule has 15 heavy (non-hydrogen) atoms. The standard InChI is InChI=1S/C10H6Cl2O3/c1-5(10(14)15)9(13)6-2-3-7(11)8(12)4-6/h2-4H,1H2,(H,14,15). The minimum atomic E-state index is -1.36. The fourth-order valence-electron chi connectivity index (χ4n) is 0.909. The van der Waals surface area contributed by atoms with Crippen molar-refractivity contribution < 1.29 is 14.7 Å². The van der Waals surface area contributed by atoms with E-state index in [1.54, 1.807) is 0 Å². The average Bonchev–Trinajstić information content (AvgIpc) is 2.19. The van der Waals surface area contributed by atoms with Crippen LogP contribution in [0.5, 0.6) is 0 Å². The lowest BCUT2D eigenvalue weighted by molar-refractivity contribution is -0.132. The van der Waals surface area contributed by atoms with Gasteiger partial charge in [-0.3, -0.25) is 4.79 Å². The van der Waals surface area contributed by atoms with Gasteiger partial charge in [0, 0.05) is 5.56 Å². The number of aliphatic carboxylic acids is 1. The van der Waals surface area contributed by atoms with Crippen LogP contribution in [0.2, 0.25) is 10.0 Å². The predicted molar refractivity (Wildman–Crippen MR) is 57.6 cm³/mol. The van der Waals surface area contributed by atoms with Crippen molar-refractivity contribution in [3.8, 4) is 0 Å². The molecule has 1 N–H and O–H groups in total. The molecule has 1 aromatic carbocycles. The molecule has 1 aromatic rings. The molecule has 0 unspecified atom stereocenters. The molecule has 0 aliphatic carbocycles. The lowest BCUT2D eigenvalue weighted by Gasteiger charge is -2.01. The quantitative estimate of drug-likeness (QED) is 0.385. The SMILES string of the molecule is C=C(C(=O)O)C(=O)c1ccc(Cl)c(Cl)c1. The number of carboxylic acid groups (broad SMARTS) is 1. The Morgan fingerprint density at radius 3 is 2.27 bits per heavy atom. The Balaban J connectivity index is 3.08. The second kappa shape index (κ2) is 4.47. The third-order valence-corrected chi connectivity index (χ3v) is 2.45. The fourth-order valence-corrected chi connectivity index (χ4v) is 1.21. The summed E-state index contributed by atoms with van der Waals surface area (Å²) in [6.45, 7) is 3.16. The summed E-state index contributed by atoms with van der Waals surface area (Å²) in [6.07, 6.45) is 0. The lowest BCUT2D eigenvalue weighted by Crippen LogP contribution is -2.11. The maximum Gasteiger partial charge on any atom is 0.339 e. The molecule has 1 rings (SSSR count). The first-order valence-corrected chi connectivity index (χ1v) is 4.61. The number of carbonyl (C=O) groups excluding carboxylic acids is 1. The number of Topliss-reactive ketones (excluding diaryl/α,β-unsaturated/α-hetero) is 1. The minimum Gasteiger partial charge on any atom is -0.478 e. The summed E-state index contributed by atoms with van der Waals surface area (Å²) < 4.78 is 0. The highest BCUT2D eigenvalue weighted by atomic mass is 35.5. The maximum atomic E-state index is 11.5. The Morgan fingerprint density at radius 1 is 1.20 bits per heavy atom. The van der Waals surface area contributed by atoms with E-state index in [1.807, 2.05) is 0 Å². The summed E-state index contributed by atoms with van der Waals surface area (Å²) in [4.78, 5) is 22.0. The van der Waals surface area contributed by atoms with Crippen LogP contribution in [0.3, 0.4) is 0 Å². The Bertz CT molecular complexity index is 452. The molecular formula is C10H6Cl2O3. The molecule has 3 nitrogen and oxygen atoms in total. The van der Waals surface area contributed by atoms with E-state index in [0.717, 1.165) is 0 Å². The summed E-state index contributed by atoms with van der Waals surface area (Å²) in [7, 11) is 0. The van der Waals surface area contributed by atoms with Crippen LogP contribution in [0.25, 0.3) is 0 Å². The zero-order valence-corrected chi connectivity index (χ0v) is 8.97. The number of ketones is 1. The van der Waals surface area contributed by atoms with Gasteiger partial charge in [0.1, 0.15) is 5.57 Å². The van der Waals surface area contributed by atoms with Crippen molar-refractivity contribution in [2.75, 3.05) is 0 Å². The van der Waals surface area contributed by atoms with Crippen LogP contribution in [0.15, 0.2) is 30.4 Å². The number of halogens is 2. The van der Waals surface area contributed by atoms with Gasteiger partial charge in [-0.05, 0) is 18.2 Å². The largest absolute Gasteiger partial charge is 0.478 e. The third-order valence-electron chi connectivity index (χ3n) is 1.71. The Morgan fingerprint density at radius 2 is 1.80 bits per heavy atom. The first-order chi connectivity index (χ1) is 6.93. The van der Waals surface area contributed by atoms with Gasteiger partial charge in [0.25, 0.3) is 0 Å². The smallest absolute Gasteiger partial charge is 0.339 e. The molecule has 0 aromatic heterocycles. The van der Waals surface area contributed by atoms with E-state index >= 15 is 0 Å². The molecule has 78 valence electrons. The molecule has 0 fully saturated rings. The zero-order chi connectivity index (χ0) is 11.6. The van der Waals surface area contributed by atoms with Crippen LogP contribution in [0.1, 0.15) is 10.4 Å². The normalized spacial score (nSPS) is 9.73. The van der Waals surface area contributed by atoms with Gasteiger partial charge < -0.3 is 5.11 Å². The molecule has 0 saturated carbocycles. The van der Waals surface area contributed by atoms with E-state index < -0.39 is 17.3 Å². The van der Waals surface area contributed by atoms with Crippen molar-refractivity contribution in [1.82, 2.24) is 0 Å². The third kappa shape index (κ3) is 2.58. The monoisotopic (exact) mass is 244 g/mol. The van der Waals surface area contributed by atoms with Gasteiger partial charge in [-0.15, -0.1) is 0 Å². The highest BCUT2D eigenvalue weighted by Gasteiger charge is 2.17. The maximum absolute atomic E-state index is 11.5. The Hall–Kier alpha value is -1.32. The summed E-state index contributed by atoms with van der Waals surface area (Å²) in [6, 6.07) is 4.12. The second-order valence-electron chi connectivity index (χ2n) is 2.74. The van der Waals surface area contributed by atoms with Crippen molar-refractivity contribution in [2.45, 2.75) is 0 Å². The van der Waals surface area contributed by atoms with Crippen LogP contribution in [0.4, 0.5) is 0 Å². The molecule has 0 saturated heterocycles. The summed E-state index contributed by atoms with van der Waals surface area (Å²) in [5.41, 5.74) is -0.356. The summed E-state index contributed by atoms with van der Waals surface area (Å²) in [5.74, 6) is -2.04. The molecule has 0 bridgehead atoms. The molecule has 0 spiro atoms. The predicted octanol–water partition coefficient (Wildman–Crippen LogP) is 2.82. The van der Waals surface area contributed by atoms with Crippen LogP contribution in [-0.4, -0.2) is 16.9 Å². The van der Waals surface area contributed by atoms with E-state index in [-0.39, 0.29) is 10.6 Å². The van der Waals surface area contributed by atoms with Crippen LogP contribution >= 0.6 is 23.2 Å². The highest BCUT2D eigenvalue weighted by molar-refractivity contribution is 6.42. The molecule has 0 aliphatic heterocycles. The van der Waals surface area contributed by atoms with E-state index in [4.69, 9.17) is 28.3 Å². The first-order valence-electron chi connectivity index (χ1n) is 3.85. The van der Waals surface area contributed by atoms with E-state index in [9.17, 15) is 9.59 Å². The van der Waals surface area contributed by atoms with Crippen molar-refractivity contribution in [1.29, 1.82) is 0 Å². The summed E-state index contributed by atoms with van der Waals surface area (Å²) in [5, 5.41) is 9.05. The summed E-state index contributed by atoms with van der Waals surface area (Å²) >= 11 is 11.3. The number of hydrogen-bond donors (Lipinski definition) is 1.